The van der Waals surface area contributed by atoms with Gasteiger partial charge in [-0.15, -0.1) is 24.8 Å². The van der Waals surface area contributed by atoms with Gasteiger partial charge in [0.1, 0.15) is 0 Å². The fraction of sp³-hybridized carbons (Fsp3) is 0.588. The molecule has 1 aromatic rings. The molecule has 138 valence electrons. The van der Waals surface area contributed by atoms with Crippen LogP contribution in [0.3, 0.4) is 0 Å². The molecule has 1 unspecified atom stereocenters. The lowest BCUT2D eigenvalue weighted by Gasteiger charge is -2.47. The molecule has 0 radical (unpaired) electrons. The van der Waals surface area contributed by atoms with Crippen LogP contribution in [0, 0.1) is 13.8 Å². The number of nitrogens with one attached hydrogen (secondary N) is 1. The van der Waals surface area contributed by atoms with E-state index in [4.69, 9.17) is 5.73 Å². The van der Waals surface area contributed by atoms with Crippen LogP contribution in [0.5, 0.6) is 0 Å². The number of piperazine rings is 1. The van der Waals surface area contributed by atoms with Gasteiger partial charge in [-0.2, -0.15) is 12.6 Å². The Bertz CT molecular complexity index is 555. The molecule has 1 heterocycles. The zero-order valence-electron chi connectivity index (χ0n) is 14.5. The molecular weight excluding hydrogens is 365 g/mol. The van der Waals surface area contributed by atoms with E-state index >= 15 is 0 Å². The second kappa shape index (κ2) is 9.88. The SMILES string of the molecule is Cc1cccc(C(=O)N2CCN[C@@](C)(N)C2CCCS)c1C.Cl.Cl. The van der Waals surface area contributed by atoms with Crippen LogP contribution in [0.1, 0.15) is 41.3 Å². The predicted octanol–water partition coefficient (Wildman–Crippen LogP) is 2.95. The van der Waals surface area contributed by atoms with E-state index in [2.05, 4.69) is 17.9 Å². The van der Waals surface area contributed by atoms with Crippen LogP contribution in [0.2, 0.25) is 0 Å². The first kappa shape index (κ1) is 23.5. The lowest BCUT2D eigenvalue weighted by molar-refractivity contribution is 0.0390. The summed E-state index contributed by atoms with van der Waals surface area (Å²) in [4.78, 5) is 15.0. The fourth-order valence-corrected chi connectivity index (χ4v) is 3.35. The average Bonchev–Trinajstić information content (AvgIpc) is 2.47. The van der Waals surface area contributed by atoms with Crippen LogP contribution in [0.15, 0.2) is 18.2 Å². The fourth-order valence-electron chi connectivity index (χ4n) is 3.16. The van der Waals surface area contributed by atoms with Gasteiger partial charge in [-0.3, -0.25) is 10.1 Å². The molecule has 4 nitrogen and oxygen atoms in total. The van der Waals surface area contributed by atoms with E-state index in [1.165, 1.54) is 0 Å². The highest BCUT2D eigenvalue weighted by Gasteiger charge is 2.40. The van der Waals surface area contributed by atoms with Crippen molar-refractivity contribution in [2.24, 2.45) is 5.73 Å². The van der Waals surface area contributed by atoms with Gasteiger partial charge in [0.25, 0.3) is 5.91 Å². The van der Waals surface area contributed by atoms with Crippen molar-refractivity contribution in [3.63, 3.8) is 0 Å². The van der Waals surface area contributed by atoms with Gasteiger partial charge in [-0.05, 0) is 56.6 Å². The first-order valence-corrected chi connectivity index (χ1v) is 8.53. The highest BCUT2D eigenvalue weighted by atomic mass is 35.5. The molecule has 1 amide bonds. The van der Waals surface area contributed by atoms with Gasteiger partial charge in [-0.1, -0.05) is 12.1 Å². The summed E-state index contributed by atoms with van der Waals surface area (Å²) in [5.74, 6) is 0.890. The molecule has 3 N–H and O–H groups in total. The molecule has 1 aromatic carbocycles. The van der Waals surface area contributed by atoms with Gasteiger partial charge in [0.05, 0.1) is 11.7 Å². The number of hydrogen-bond donors (Lipinski definition) is 3. The molecule has 1 saturated heterocycles. The molecule has 0 aromatic heterocycles. The molecule has 1 aliphatic heterocycles. The largest absolute Gasteiger partial charge is 0.331 e. The molecule has 2 rings (SSSR count). The number of rotatable bonds is 4. The minimum atomic E-state index is -0.561. The molecule has 1 aliphatic rings. The summed E-state index contributed by atoms with van der Waals surface area (Å²) in [6, 6.07) is 5.88. The predicted molar refractivity (Wildman–Crippen MR) is 109 cm³/mol. The molecule has 0 aliphatic carbocycles. The Hall–Kier alpha value is -0.460. The number of halogens is 2. The Morgan fingerprint density at radius 3 is 2.71 bits per heavy atom. The van der Waals surface area contributed by atoms with Crippen molar-refractivity contribution in [2.45, 2.75) is 45.3 Å². The maximum atomic E-state index is 13.1. The highest BCUT2D eigenvalue weighted by molar-refractivity contribution is 7.80. The number of carbonyl (C=O) groups is 1. The van der Waals surface area contributed by atoms with E-state index in [9.17, 15) is 4.79 Å². The van der Waals surface area contributed by atoms with Crippen LogP contribution in [-0.4, -0.2) is 41.4 Å². The van der Waals surface area contributed by atoms with E-state index in [-0.39, 0.29) is 36.8 Å². The van der Waals surface area contributed by atoms with Gasteiger partial charge in [0.15, 0.2) is 0 Å². The number of nitrogens with zero attached hydrogens (tertiary/aromatic N) is 1. The number of benzene rings is 1. The Labute approximate surface area is 163 Å². The van der Waals surface area contributed by atoms with Crippen molar-refractivity contribution in [3.05, 3.63) is 34.9 Å². The molecule has 0 spiro atoms. The van der Waals surface area contributed by atoms with Crippen molar-refractivity contribution in [1.82, 2.24) is 10.2 Å². The van der Waals surface area contributed by atoms with Crippen LogP contribution in [0.25, 0.3) is 0 Å². The van der Waals surface area contributed by atoms with Gasteiger partial charge in [0.2, 0.25) is 0 Å². The van der Waals surface area contributed by atoms with Gasteiger partial charge < -0.3 is 10.6 Å². The molecule has 0 bridgehead atoms. The Morgan fingerprint density at radius 2 is 2.08 bits per heavy atom. The molecular formula is C17H29Cl2N3OS. The van der Waals surface area contributed by atoms with E-state index < -0.39 is 5.66 Å². The second-order valence-electron chi connectivity index (χ2n) is 6.34. The molecule has 24 heavy (non-hydrogen) atoms. The van der Waals surface area contributed by atoms with Crippen molar-refractivity contribution >= 4 is 43.4 Å². The maximum Gasteiger partial charge on any atom is 0.254 e. The van der Waals surface area contributed by atoms with Gasteiger partial charge in [-0.25, -0.2) is 0 Å². The normalized spacial score (nSPS) is 23.2. The lowest BCUT2D eigenvalue weighted by Crippen LogP contribution is -2.71. The quantitative estimate of drug-likeness (QED) is 0.689. The number of thiol groups is 1. The standard InChI is InChI=1S/C17H27N3OS.2ClH/c1-12-6-4-7-14(13(12)2)16(21)20-10-9-19-17(3,18)15(20)8-5-11-22;;/h4,6-7,15,19,22H,5,8-11,18H2,1-3H3;2*1H/t15?,17-;;/m1../s1. The monoisotopic (exact) mass is 393 g/mol. The Balaban J connectivity index is 0.00000264. The van der Waals surface area contributed by atoms with Crippen LogP contribution in [-0.2, 0) is 0 Å². The number of carbonyl (C=O) groups excluding carboxylic acids is 1. The summed E-state index contributed by atoms with van der Waals surface area (Å²) in [6.07, 6.45) is 1.80. The molecule has 1 fully saturated rings. The number of amides is 1. The van der Waals surface area contributed by atoms with E-state index in [1.807, 2.05) is 43.9 Å². The second-order valence-corrected chi connectivity index (χ2v) is 6.78. The zero-order valence-corrected chi connectivity index (χ0v) is 17.1. The number of nitrogens with two attached hydrogens (primary N) is 1. The summed E-state index contributed by atoms with van der Waals surface area (Å²) in [5.41, 5.74) is 8.83. The van der Waals surface area contributed by atoms with Crippen molar-refractivity contribution < 1.29 is 4.79 Å². The van der Waals surface area contributed by atoms with Crippen LogP contribution in [0.4, 0.5) is 0 Å². The van der Waals surface area contributed by atoms with Crippen LogP contribution >= 0.6 is 37.4 Å². The van der Waals surface area contributed by atoms with Gasteiger partial charge >= 0.3 is 0 Å². The zero-order chi connectivity index (χ0) is 16.3. The number of aryl methyl sites for hydroxylation is 1. The highest BCUT2D eigenvalue weighted by Crippen LogP contribution is 2.24. The summed E-state index contributed by atoms with van der Waals surface area (Å²) < 4.78 is 0. The summed E-state index contributed by atoms with van der Waals surface area (Å²) in [7, 11) is 0. The maximum absolute atomic E-state index is 13.1. The van der Waals surface area contributed by atoms with Crippen molar-refractivity contribution in [3.8, 4) is 0 Å². The molecule has 0 saturated carbocycles. The van der Waals surface area contributed by atoms with Crippen molar-refractivity contribution in [1.29, 1.82) is 0 Å². The van der Waals surface area contributed by atoms with E-state index in [0.29, 0.717) is 6.54 Å². The smallest absolute Gasteiger partial charge is 0.254 e. The van der Waals surface area contributed by atoms with E-state index in [0.717, 1.165) is 41.8 Å². The summed E-state index contributed by atoms with van der Waals surface area (Å²) in [5, 5.41) is 3.34. The Kier molecular flexibility index (Phi) is 9.69. The first-order chi connectivity index (χ1) is 10.4. The average molecular weight is 394 g/mol. The van der Waals surface area contributed by atoms with Crippen LogP contribution < -0.4 is 11.1 Å². The first-order valence-electron chi connectivity index (χ1n) is 7.90. The lowest BCUT2D eigenvalue weighted by atomic mass is 9.92. The van der Waals surface area contributed by atoms with Gasteiger partial charge in [0, 0.05) is 18.7 Å². The third-order valence-corrected chi connectivity index (χ3v) is 4.97. The third kappa shape index (κ3) is 5.02. The summed E-state index contributed by atoms with van der Waals surface area (Å²) in [6.45, 7) is 7.43. The molecule has 2 atom stereocenters. The van der Waals surface area contributed by atoms with Crippen molar-refractivity contribution in [2.75, 3.05) is 18.8 Å². The third-order valence-electron chi connectivity index (χ3n) is 4.66. The van der Waals surface area contributed by atoms with E-state index in [1.54, 1.807) is 0 Å². The Morgan fingerprint density at radius 1 is 1.42 bits per heavy atom. The summed E-state index contributed by atoms with van der Waals surface area (Å²) >= 11 is 4.29. The number of hydrogen-bond acceptors (Lipinski definition) is 4. The minimum Gasteiger partial charge on any atom is -0.331 e. The topological polar surface area (TPSA) is 58.4 Å². The minimum absolute atomic E-state index is 0. The molecule has 7 heteroatoms.